The molecule has 0 aliphatic carbocycles. The van der Waals surface area contributed by atoms with Crippen LogP contribution in [0.3, 0.4) is 0 Å². The molecule has 116 valence electrons. The fourth-order valence-electron chi connectivity index (χ4n) is 2.94. The van der Waals surface area contributed by atoms with Crippen molar-refractivity contribution in [3.63, 3.8) is 0 Å². The minimum absolute atomic E-state index is 0. The first-order valence-electron chi connectivity index (χ1n) is 7.85. The normalized spacial score (nSPS) is 12.2. The van der Waals surface area contributed by atoms with E-state index in [1.54, 1.807) is 0 Å². The minimum atomic E-state index is 0. The number of nitrogens with zero attached hydrogens (tertiary/aromatic N) is 2. The molecule has 0 atom stereocenters. The van der Waals surface area contributed by atoms with Crippen LogP contribution in [0.1, 0.15) is 22.8 Å². The van der Waals surface area contributed by atoms with Crippen LogP contribution < -0.4 is 0 Å². The van der Waals surface area contributed by atoms with Gasteiger partial charge in [0.15, 0.2) is 0 Å². The van der Waals surface area contributed by atoms with Crippen LogP contribution >= 0.6 is 0 Å². The van der Waals surface area contributed by atoms with Crippen molar-refractivity contribution in [2.75, 3.05) is 0 Å². The summed E-state index contributed by atoms with van der Waals surface area (Å²) >= 11 is 0. The molecule has 25 heavy (non-hydrogen) atoms. The maximum absolute atomic E-state index is 4.62. The van der Waals surface area contributed by atoms with Gasteiger partial charge in [0.2, 0.25) is 0 Å². The fraction of sp³-hybridized carbons (Fsp3) is 0. The van der Waals surface area contributed by atoms with E-state index in [4.69, 9.17) is 0 Å². The maximum Gasteiger partial charge on any atom is 0.0659 e. The Bertz CT molecular complexity index is 1080. The zero-order chi connectivity index (χ0) is 15.9. The molecule has 2 radical (unpaired) electrons. The quantitative estimate of drug-likeness (QED) is 0.348. The summed E-state index contributed by atoms with van der Waals surface area (Å²) in [5.41, 5.74) is 7.86. The molecule has 3 aromatic heterocycles. The predicted octanol–water partition coefficient (Wildman–Crippen LogP) is 4.27. The van der Waals surface area contributed by atoms with E-state index in [9.17, 15) is 0 Å². The van der Waals surface area contributed by atoms with Crippen molar-refractivity contribution in [2.45, 2.75) is 0 Å². The number of aromatic nitrogens is 4. The summed E-state index contributed by atoms with van der Waals surface area (Å²) in [5.74, 6) is 0. The van der Waals surface area contributed by atoms with E-state index in [1.165, 1.54) is 0 Å². The van der Waals surface area contributed by atoms with E-state index in [1.807, 2.05) is 42.5 Å². The van der Waals surface area contributed by atoms with Crippen LogP contribution in [0.15, 0.2) is 48.5 Å². The van der Waals surface area contributed by atoms with Gasteiger partial charge in [0.25, 0.3) is 0 Å². The molecule has 8 bridgehead atoms. The molecule has 0 saturated heterocycles. The average Bonchev–Trinajstić information content (AvgIpc) is 3.32. The summed E-state index contributed by atoms with van der Waals surface area (Å²) in [6.07, 6.45) is 8.05. The van der Waals surface area contributed by atoms with Crippen LogP contribution in [0.25, 0.3) is 46.4 Å². The summed E-state index contributed by atoms with van der Waals surface area (Å²) in [5, 5.41) is 0. The topological polar surface area (TPSA) is 57.4 Å². The first-order valence-corrected chi connectivity index (χ1v) is 7.85. The Morgan fingerprint density at radius 2 is 0.840 bits per heavy atom. The van der Waals surface area contributed by atoms with Gasteiger partial charge in [0.1, 0.15) is 0 Å². The largest absolute Gasteiger partial charge is 0.355 e. The van der Waals surface area contributed by atoms with Gasteiger partial charge in [-0.25, -0.2) is 9.97 Å². The molecule has 2 N–H and O–H groups in total. The number of rotatable bonds is 0. The van der Waals surface area contributed by atoms with Gasteiger partial charge in [0.05, 0.1) is 22.8 Å². The predicted molar refractivity (Wildman–Crippen MR) is 105 cm³/mol. The summed E-state index contributed by atoms with van der Waals surface area (Å²) < 4.78 is 0. The molecule has 2 aliphatic heterocycles. The second kappa shape index (κ2) is 6.82. The van der Waals surface area contributed by atoms with E-state index in [0.717, 1.165) is 44.8 Å². The molecule has 0 aromatic carbocycles. The molecule has 0 amide bonds. The van der Waals surface area contributed by atoms with E-state index in [0.29, 0.717) is 0 Å². The molecule has 3 aromatic rings. The number of hydrogen-bond acceptors (Lipinski definition) is 2. The molecule has 5 heterocycles. The Labute approximate surface area is 184 Å². The number of hydrogen-bond donors (Lipinski definition) is 2. The third-order valence-electron chi connectivity index (χ3n) is 4.04. The van der Waals surface area contributed by atoms with E-state index < -0.39 is 0 Å². The van der Waals surface area contributed by atoms with Crippen LogP contribution in [0, 0.1) is 0 Å². The van der Waals surface area contributed by atoms with Crippen LogP contribution in [-0.4, -0.2) is 68.8 Å². The van der Waals surface area contributed by atoms with Gasteiger partial charge in [-0.05, 0) is 72.8 Å². The third-order valence-corrected chi connectivity index (χ3v) is 4.04. The zero-order valence-corrected chi connectivity index (χ0v) is 18.0. The zero-order valence-electron chi connectivity index (χ0n) is 13.5. The molecule has 4 nitrogen and oxygen atoms in total. The Morgan fingerprint density at radius 3 is 1.28 bits per heavy atom. The smallest absolute Gasteiger partial charge is 0.0659 e. The van der Waals surface area contributed by atoms with Gasteiger partial charge in [-0.1, -0.05) is 0 Å². The standard InChI is InChI=1S/C20H14N4.Ba/c1-2-14-10-16-5-6-18(23-16)12-20-8-7-19(24-20)11-17-4-3-15(22-17)9-13(1)21-14;/h1-12,21-22H;. The molecule has 0 fully saturated rings. The third kappa shape index (κ3) is 3.58. The maximum atomic E-state index is 4.62. The molecule has 2 aliphatic rings. The molecule has 5 rings (SSSR count). The summed E-state index contributed by atoms with van der Waals surface area (Å²) in [7, 11) is 0. The van der Waals surface area contributed by atoms with E-state index in [2.05, 4.69) is 50.3 Å². The van der Waals surface area contributed by atoms with Crippen LogP contribution in [0.5, 0.6) is 0 Å². The number of fused-ring (bicyclic) bond motifs is 8. The number of aromatic amines is 2. The number of H-pyrrole nitrogens is 2. The minimum Gasteiger partial charge on any atom is -0.355 e. The Morgan fingerprint density at radius 1 is 0.480 bits per heavy atom. The molecule has 0 saturated carbocycles. The molecule has 0 spiro atoms. The van der Waals surface area contributed by atoms with Crippen molar-refractivity contribution in [2.24, 2.45) is 0 Å². The molecular weight excluding hydrogens is 434 g/mol. The van der Waals surface area contributed by atoms with E-state index >= 15 is 0 Å². The summed E-state index contributed by atoms with van der Waals surface area (Å²) in [6, 6.07) is 16.4. The van der Waals surface area contributed by atoms with Gasteiger partial charge in [-0.3, -0.25) is 0 Å². The van der Waals surface area contributed by atoms with Gasteiger partial charge in [-0.2, -0.15) is 0 Å². The van der Waals surface area contributed by atoms with Gasteiger partial charge in [0, 0.05) is 70.9 Å². The van der Waals surface area contributed by atoms with Gasteiger partial charge >= 0.3 is 0 Å². The second-order valence-electron chi connectivity index (χ2n) is 5.91. The van der Waals surface area contributed by atoms with Gasteiger partial charge in [-0.15, -0.1) is 0 Å². The van der Waals surface area contributed by atoms with Crippen LogP contribution in [-0.2, 0) is 0 Å². The average molecular weight is 448 g/mol. The molecular formula is C20H14BaN4. The summed E-state index contributed by atoms with van der Waals surface area (Å²) in [4.78, 5) is 16.0. The SMILES string of the molecule is C1=Cc2cc3ccc(cc4ccc(cc5nc(cc1n2)C=C5)[nH]4)[nH]3.[Ba]. The molecule has 5 heteroatoms. The monoisotopic (exact) mass is 448 g/mol. The Kier molecular flexibility index (Phi) is 4.54. The van der Waals surface area contributed by atoms with Gasteiger partial charge < -0.3 is 9.97 Å². The van der Waals surface area contributed by atoms with Crippen molar-refractivity contribution in [3.05, 3.63) is 71.3 Å². The first kappa shape index (κ1) is 16.6. The number of nitrogens with one attached hydrogen (secondary N) is 2. The van der Waals surface area contributed by atoms with Crippen molar-refractivity contribution in [3.8, 4) is 0 Å². The van der Waals surface area contributed by atoms with E-state index in [-0.39, 0.29) is 48.9 Å². The van der Waals surface area contributed by atoms with Crippen molar-refractivity contribution in [1.29, 1.82) is 0 Å². The fourth-order valence-corrected chi connectivity index (χ4v) is 2.94. The van der Waals surface area contributed by atoms with Crippen LogP contribution in [0.2, 0.25) is 0 Å². The Hall–Kier alpha value is -1.83. The molecule has 0 unspecified atom stereocenters. The first-order chi connectivity index (χ1) is 11.8. The van der Waals surface area contributed by atoms with Crippen molar-refractivity contribution < 1.29 is 0 Å². The Balaban J connectivity index is 0.00000157. The van der Waals surface area contributed by atoms with Crippen molar-refractivity contribution in [1.82, 2.24) is 19.9 Å². The second-order valence-corrected chi connectivity index (χ2v) is 5.91. The van der Waals surface area contributed by atoms with Crippen molar-refractivity contribution >= 4 is 95.3 Å². The summed E-state index contributed by atoms with van der Waals surface area (Å²) in [6.45, 7) is 0. The van der Waals surface area contributed by atoms with Crippen LogP contribution in [0.4, 0.5) is 0 Å².